The number of nitrogens with one attached hydrogen (secondary N) is 1. The first-order chi connectivity index (χ1) is 8.78. The van der Waals surface area contributed by atoms with E-state index >= 15 is 0 Å². The molecule has 2 fully saturated rings. The van der Waals surface area contributed by atoms with Gasteiger partial charge in [-0.15, -0.1) is 0 Å². The lowest BCUT2D eigenvalue weighted by molar-refractivity contribution is -0.148. The predicted molar refractivity (Wildman–Crippen MR) is 64.4 cm³/mol. The molecule has 7 nitrogen and oxygen atoms in total. The zero-order valence-corrected chi connectivity index (χ0v) is 11.1. The Morgan fingerprint density at radius 3 is 2.53 bits per heavy atom. The number of carbonyl (C=O) groups excluding carboxylic acids is 2. The van der Waals surface area contributed by atoms with E-state index in [1.807, 2.05) is 0 Å². The number of rotatable bonds is 3. The van der Waals surface area contributed by atoms with E-state index in [0.717, 1.165) is 4.90 Å². The Labute approximate surface area is 110 Å². The van der Waals surface area contributed by atoms with Crippen LogP contribution in [0.25, 0.3) is 0 Å². The van der Waals surface area contributed by atoms with Gasteiger partial charge in [-0.1, -0.05) is 0 Å². The van der Waals surface area contributed by atoms with Crippen molar-refractivity contribution in [3.63, 3.8) is 0 Å². The molecule has 2 N–H and O–H groups in total. The molecular formula is C12H18N2O5. The van der Waals surface area contributed by atoms with Gasteiger partial charge in [0.1, 0.15) is 5.54 Å². The van der Waals surface area contributed by atoms with Gasteiger partial charge in [0.2, 0.25) is 0 Å². The number of hydrogen-bond acceptors (Lipinski definition) is 4. The number of hydrogen-bond donors (Lipinski definition) is 2. The predicted octanol–water partition coefficient (Wildman–Crippen LogP) is 0.198. The number of urea groups is 1. The summed E-state index contributed by atoms with van der Waals surface area (Å²) >= 11 is 0. The first-order valence-electron chi connectivity index (χ1n) is 6.24. The lowest BCUT2D eigenvalue weighted by Gasteiger charge is -2.31. The monoisotopic (exact) mass is 270 g/mol. The molecule has 0 aromatic rings. The highest BCUT2D eigenvalue weighted by Gasteiger charge is 2.53. The van der Waals surface area contributed by atoms with Gasteiger partial charge < -0.3 is 15.2 Å². The van der Waals surface area contributed by atoms with E-state index in [1.165, 1.54) is 13.8 Å². The SMILES string of the molecule is CC(C)(CN1C(=O)NC2(CCOCC2)C1=O)C(=O)O. The van der Waals surface area contributed by atoms with Gasteiger partial charge in [0, 0.05) is 32.6 Å². The number of imide groups is 1. The van der Waals surface area contributed by atoms with Crippen molar-refractivity contribution in [2.75, 3.05) is 19.8 Å². The smallest absolute Gasteiger partial charge is 0.325 e. The highest BCUT2D eigenvalue weighted by atomic mass is 16.5. The third-order valence-electron chi connectivity index (χ3n) is 3.72. The molecule has 0 aromatic carbocycles. The molecule has 0 saturated carbocycles. The molecule has 2 heterocycles. The highest BCUT2D eigenvalue weighted by molar-refractivity contribution is 6.07. The molecule has 2 aliphatic heterocycles. The third kappa shape index (κ3) is 2.30. The molecule has 106 valence electrons. The molecule has 7 heteroatoms. The van der Waals surface area contributed by atoms with Crippen LogP contribution in [0.4, 0.5) is 4.79 Å². The summed E-state index contributed by atoms with van der Waals surface area (Å²) in [7, 11) is 0. The number of ether oxygens (including phenoxy) is 1. The summed E-state index contributed by atoms with van der Waals surface area (Å²) in [5.74, 6) is -1.38. The molecule has 3 amide bonds. The van der Waals surface area contributed by atoms with Crippen LogP contribution in [-0.4, -0.2) is 53.2 Å². The molecule has 0 unspecified atom stereocenters. The van der Waals surface area contributed by atoms with Gasteiger partial charge in [-0.3, -0.25) is 14.5 Å². The molecular weight excluding hydrogens is 252 g/mol. The van der Waals surface area contributed by atoms with Crippen molar-refractivity contribution in [1.82, 2.24) is 10.2 Å². The summed E-state index contributed by atoms with van der Waals surface area (Å²) < 4.78 is 5.20. The van der Waals surface area contributed by atoms with Gasteiger partial charge >= 0.3 is 12.0 Å². The van der Waals surface area contributed by atoms with E-state index in [0.29, 0.717) is 26.1 Å². The number of amides is 3. The van der Waals surface area contributed by atoms with Crippen LogP contribution in [0.5, 0.6) is 0 Å². The molecule has 0 atom stereocenters. The van der Waals surface area contributed by atoms with Crippen molar-refractivity contribution >= 4 is 17.9 Å². The maximum Gasteiger partial charge on any atom is 0.325 e. The Hall–Kier alpha value is -1.63. The van der Waals surface area contributed by atoms with Crippen molar-refractivity contribution in [2.24, 2.45) is 5.41 Å². The first kappa shape index (κ1) is 13.8. The number of nitrogens with zero attached hydrogens (tertiary/aromatic N) is 1. The summed E-state index contributed by atoms with van der Waals surface area (Å²) in [4.78, 5) is 36.4. The summed E-state index contributed by atoms with van der Waals surface area (Å²) in [5, 5.41) is 11.8. The number of aliphatic carboxylic acids is 1. The van der Waals surface area contributed by atoms with Crippen LogP contribution in [0.2, 0.25) is 0 Å². The summed E-state index contributed by atoms with van der Waals surface area (Å²) in [6.45, 7) is 3.69. The van der Waals surface area contributed by atoms with Gasteiger partial charge in [0.05, 0.1) is 5.41 Å². The average Bonchev–Trinajstić information content (AvgIpc) is 2.55. The summed E-state index contributed by atoms with van der Waals surface area (Å²) in [5.41, 5.74) is -2.06. The van der Waals surface area contributed by atoms with Gasteiger partial charge in [-0.05, 0) is 13.8 Å². The van der Waals surface area contributed by atoms with Crippen molar-refractivity contribution in [3.8, 4) is 0 Å². The lowest BCUT2D eigenvalue weighted by atomic mass is 9.89. The first-order valence-corrected chi connectivity index (χ1v) is 6.24. The fourth-order valence-electron chi connectivity index (χ4n) is 2.34. The third-order valence-corrected chi connectivity index (χ3v) is 3.72. The van der Waals surface area contributed by atoms with E-state index in [2.05, 4.69) is 5.32 Å². The van der Waals surface area contributed by atoms with Crippen LogP contribution in [0.3, 0.4) is 0 Å². The standard InChI is InChI=1S/C12H18N2O5/c1-11(2,9(16)17)7-14-8(15)12(13-10(14)18)3-5-19-6-4-12/h3-7H2,1-2H3,(H,13,18)(H,16,17). The molecule has 2 aliphatic rings. The second-order valence-corrected chi connectivity index (χ2v) is 5.70. The van der Waals surface area contributed by atoms with Crippen LogP contribution in [0.1, 0.15) is 26.7 Å². The zero-order chi connectivity index (χ0) is 14.3. The van der Waals surface area contributed by atoms with Crippen LogP contribution in [-0.2, 0) is 14.3 Å². The van der Waals surface area contributed by atoms with E-state index in [1.54, 1.807) is 0 Å². The van der Waals surface area contributed by atoms with E-state index in [4.69, 9.17) is 9.84 Å². The lowest BCUT2D eigenvalue weighted by Crippen LogP contribution is -2.51. The van der Waals surface area contributed by atoms with Crippen molar-refractivity contribution in [3.05, 3.63) is 0 Å². The van der Waals surface area contributed by atoms with E-state index in [9.17, 15) is 14.4 Å². The highest BCUT2D eigenvalue weighted by Crippen LogP contribution is 2.30. The van der Waals surface area contributed by atoms with Crippen LogP contribution in [0, 0.1) is 5.41 Å². The Morgan fingerprint density at radius 1 is 1.42 bits per heavy atom. The van der Waals surface area contributed by atoms with Crippen molar-refractivity contribution < 1.29 is 24.2 Å². The van der Waals surface area contributed by atoms with Crippen LogP contribution >= 0.6 is 0 Å². The van der Waals surface area contributed by atoms with E-state index < -0.39 is 23.0 Å². The van der Waals surface area contributed by atoms with E-state index in [-0.39, 0.29) is 12.5 Å². The Kier molecular flexibility index (Phi) is 3.25. The van der Waals surface area contributed by atoms with Gasteiger partial charge in [0.25, 0.3) is 5.91 Å². The van der Waals surface area contributed by atoms with Crippen molar-refractivity contribution in [1.29, 1.82) is 0 Å². The maximum atomic E-state index is 12.4. The number of carbonyl (C=O) groups is 3. The number of carboxylic acids is 1. The maximum absolute atomic E-state index is 12.4. The van der Waals surface area contributed by atoms with Gasteiger partial charge in [-0.25, -0.2) is 4.79 Å². The number of carboxylic acid groups (broad SMARTS) is 1. The quantitative estimate of drug-likeness (QED) is 0.714. The Morgan fingerprint density at radius 2 is 2.00 bits per heavy atom. The Balaban J connectivity index is 2.17. The molecule has 0 radical (unpaired) electrons. The Bertz CT molecular complexity index is 426. The molecule has 1 spiro atoms. The molecule has 0 aromatic heterocycles. The van der Waals surface area contributed by atoms with Crippen LogP contribution in [0.15, 0.2) is 0 Å². The second-order valence-electron chi connectivity index (χ2n) is 5.70. The normalized spacial score (nSPS) is 22.7. The van der Waals surface area contributed by atoms with Crippen LogP contribution < -0.4 is 5.32 Å². The fraction of sp³-hybridized carbons (Fsp3) is 0.750. The average molecular weight is 270 g/mol. The minimum absolute atomic E-state index is 0.129. The summed E-state index contributed by atoms with van der Waals surface area (Å²) in [6, 6.07) is -0.513. The molecule has 2 rings (SSSR count). The van der Waals surface area contributed by atoms with Gasteiger partial charge in [0.15, 0.2) is 0 Å². The summed E-state index contributed by atoms with van der Waals surface area (Å²) in [6.07, 6.45) is 0.864. The minimum atomic E-state index is -1.16. The minimum Gasteiger partial charge on any atom is -0.481 e. The zero-order valence-electron chi connectivity index (χ0n) is 11.1. The second kappa shape index (κ2) is 4.48. The molecule has 0 bridgehead atoms. The molecule has 19 heavy (non-hydrogen) atoms. The topological polar surface area (TPSA) is 95.9 Å². The van der Waals surface area contributed by atoms with Gasteiger partial charge in [-0.2, -0.15) is 0 Å². The van der Waals surface area contributed by atoms with Crippen molar-refractivity contribution in [2.45, 2.75) is 32.2 Å². The molecule has 2 saturated heterocycles. The fourth-order valence-corrected chi connectivity index (χ4v) is 2.34. The molecule has 0 aliphatic carbocycles. The largest absolute Gasteiger partial charge is 0.481 e.